The highest BCUT2D eigenvalue weighted by Crippen LogP contribution is 2.35. The Morgan fingerprint density at radius 1 is 1.08 bits per heavy atom. The molecule has 0 saturated carbocycles. The van der Waals surface area contributed by atoms with E-state index in [9.17, 15) is 18.5 Å². The summed E-state index contributed by atoms with van der Waals surface area (Å²) in [7, 11) is -3.92. The van der Waals surface area contributed by atoms with E-state index in [0.717, 1.165) is 11.1 Å². The summed E-state index contributed by atoms with van der Waals surface area (Å²) >= 11 is 0. The number of hydrogen-bond acceptors (Lipinski definition) is 4. The first-order chi connectivity index (χ1) is 12.4. The van der Waals surface area contributed by atoms with Crippen LogP contribution in [-0.2, 0) is 16.4 Å². The van der Waals surface area contributed by atoms with Crippen molar-refractivity contribution < 1.29 is 13.2 Å². The standard InChI is InChI=1S/C20H16N2O3S/c1-13-5-8-15(9-6-13)26(24,25)22-18-10-7-14(12-21)11-17(18)16-3-2-4-19(23)20(16)22/h5-11H,2-4H2,1H3. The summed E-state index contributed by atoms with van der Waals surface area (Å²) in [6.45, 7) is 1.89. The summed E-state index contributed by atoms with van der Waals surface area (Å²) in [6, 6.07) is 13.5. The smallest absolute Gasteiger partial charge is 0.268 e. The van der Waals surface area contributed by atoms with Crippen LogP contribution in [0.15, 0.2) is 47.4 Å². The average molecular weight is 364 g/mol. The number of hydrogen-bond donors (Lipinski definition) is 0. The number of carbonyl (C=O) groups excluding carboxylic acids is 1. The van der Waals surface area contributed by atoms with Gasteiger partial charge in [-0.15, -0.1) is 0 Å². The minimum atomic E-state index is -3.92. The quantitative estimate of drug-likeness (QED) is 0.696. The highest BCUT2D eigenvalue weighted by atomic mass is 32.2. The Bertz CT molecular complexity index is 1200. The van der Waals surface area contributed by atoms with E-state index >= 15 is 0 Å². The maximum Gasteiger partial charge on any atom is 0.268 e. The lowest BCUT2D eigenvalue weighted by Crippen LogP contribution is -2.21. The zero-order valence-corrected chi connectivity index (χ0v) is 15.0. The van der Waals surface area contributed by atoms with Crippen molar-refractivity contribution in [3.8, 4) is 6.07 Å². The van der Waals surface area contributed by atoms with Gasteiger partial charge in [-0.25, -0.2) is 12.4 Å². The lowest BCUT2D eigenvalue weighted by molar-refractivity contribution is 0.0967. The Labute approximate surface area is 151 Å². The molecule has 0 bridgehead atoms. The fraction of sp³-hybridized carbons (Fsp3) is 0.200. The number of nitriles is 1. The van der Waals surface area contributed by atoms with Gasteiger partial charge in [0.25, 0.3) is 10.0 Å². The Morgan fingerprint density at radius 2 is 1.81 bits per heavy atom. The van der Waals surface area contributed by atoms with Crippen LogP contribution < -0.4 is 0 Å². The highest BCUT2D eigenvalue weighted by Gasteiger charge is 2.32. The number of aryl methyl sites for hydroxylation is 2. The molecule has 0 radical (unpaired) electrons. The molecule has 130 valence electrons. The van der Waals surface area contributed by atoms with Crippen LogP contribution >= 0.6 is 0 Å². The van der Waals surface area contributed by atoms with E-state index in [1.807, 2.05) is 6.92 Å². The molecule has 0 N–H and O–H groups in total. The third-order valence-electron chi connectivity index (χ3n) is 4.81. The summed E-state index contributed by atoms with van der Waals surface area (Å²) in [5, 5.41) is 9.85. The molecule has 0 spiro atoms. The number of Topliss-reactive ketones (excluding diaryl/α,β-unsaturated/α-hetero) is 1. The van der Waals surface area contributed by atoms with E-state index in [2.05, 4.69) is 6.07 Å². The van der Waals surface area contributed by atoms with E-state index in [-0.39, 0.29) is 16.4 Å². The van der Waals surface area contributed by atoms with Crippen LogP contribution in [0.5, 0.6) is 0 Å². The Hall–Kier alpha value is -2.91. The number of fused-ring (bicyclic) bond motifs is 3. The number of benzene rings is 2. The van der Waals surface area contributed by atoms with Crippen LogP contribution in [0.2, 0.25) is 0 Å². The lowest BCUT2D eigenvalue weighted by atomic mass is 9.94. The third kappa shape index (κ3) is 2.36. The number of ketones is 1. The number of aromatic nitrogens is 1. The first kappa shape index (κ1) is 16.6. The molecule has 0 atom stereocenters. The number of rotatable bonds is 2. The van der Waals surface area contributed by atoms with Gasteiger partial charge in [-0.05, 0) is 55.7 Å². The number of carbonyl (C=O) groups is 1. The Balaban J connectivity index is 2.09. The van der Waals surface area contributed by atoms with Gasteiger partial charge in [0.05, 0.1) is 22.0 Å². The lowest BCUT2D eigenvalue weighted by Gasteiger charge is -2.15. The second-order valence-electron chi connectivity index (χ2n) is 6.53. The molecule has 0 saturated heterocycles. The van der Waals surface area contributed by atoms with Crippen LogP contribution in [0.4, 0.5) is 0 Å². The van der Waals surface area contributed by atoms with Crippen LogP contribution in [0.1, 0.15) is 40.0 Å². The average Bonchev–Trinajstić information content (AvgIpc) is 2.98. The zero-order valence-electron chi connectivity index (χ0n) is 14.2. The summed E-state index contributed by atoms with van der Waals surface area (Å²) < 4.78 is 27.8. The molecule has 0 amide bonds. The molecule has 1 aliphatic carbocycles. The first-order valence-electron chi connectivity index (χ1n) is 8.36. The molecule has 6 heteroatoms. The molecular formula is C20H16N2O3S. The SMILES string of the molecule is Cc1ccc(S(=O)(=O)n2c3c(c4cc(C#N)ccc42)CCCC3=O)cc1. The van der Waals surface area contributed by atoms with E-state index in [0.29, 0.717) is 35.7 Å². The van der Waals surface area contributed by atoms with Gasteiger partial charge in [-0.2, -0.15) is 5.26 Å². The van der Waals surface area contributed by atoms with Crippen LogP contribution in [-0.4, -0.2) is 18.2 Å². The second kappa shape index (κ2) is 5.82. The van der Waals surface area contributed by atoms with Gasteiger partial charge in [0.1, 0.15) is 5.69 Å². The fourth-order valence-corrected chi connectivity index (χ4v) is 5.10. The summed E-state index contributed by atoms with van der Waals surface area (Å²) in [5.74, 6) is -0.170. The monoisotopic (exact) mass is 364 g/mol. The Kier molecular flexibility index (Phi) is 3.70. The molecule has 5 nitrogen and oxygen atoms in total. The van der Waals surface area contributed by atoms with Gasteiger partial charge in [0.15, 0.2) is 5.78 Å². The van der Waals surface area contributed by atoms with E-state index in [1.165, 1.54) is 3.97 Å². The second-order valence-corrected chi connectivity index (χ2v) is 8.32. The zero-order chi connectivity index (χ0) is 18.5. The normalized spacial score (nSPS) is 14.2. The summed E-state index contributed by atoms with van der Waals surface area (Å²) in [5.41, 5.74) is 2.82. The third-order valence-corrected chi connectivity index (χ3v) is 6.54. The van der Waals surface area contributed by atoms with Gasteiger partial charge in [0.2, 0.25) is 0 Å². The summed E-state index contributed by atoms with van der Waals surface area (Å²) in [6.07, 6.45) is 1.65. The Morgan fingerprint density at radius 3 is 2.50 bits per heavy atom. The maximum absolute atomic E-state index is 13.3. The van der Waals surface area contributed by atoms with Gasteiger partial charge in [-0.3, -0.25) is 4.79 Å². The van der Waals surface area contributed by atoms with Crippen molar-refractivity contribution in [2.45, 2.75) is 31.1 Å². The fourth-order valence-electron chi connectivity index (χ4n) is 3.54. The van der Waals surface area contributed by atoms with Crippen LogP contribution in [0.3, 0.4) is 0 Å². The molecule has 0 unspecified atom stereocenters. The molecular weight excluding hydrogens is 348 g/mol. The van der Waals surface area contributed by atoms with Crippen LogP contribution in [0.25, 0.3) is 10.9 Å². The van der Waals surface area contributed by atoms with Crippen LogP contribution in [0, 0.1) is 18.3 Å². The molecule has 3 aromatic rings. The van der Waals surface area contributed by atoms with Gasteiger partial charge in [-0.1, -0.05) is 17.7 Å². The van der Waals surface area contributed by atoms with Crippen molar-refractivity contribution in [3.63, 3.8) is 0 Å². The van der Waals surface area contributed by atoms with E-state index in [4.69, 9.17) is 0 Å². The number of nitrogens with zero attached hydrogens (tertiary/aromatic N) is 2. The van der Waals surface area contributed by atoms with Crippen molar-refractivity contribution in [2.75, 3.05) is 0 Å². The largest absolute Gasteiger partial charge is 0.292 e. The van der Waals surface area contributed by atoms with Crippen molar-refractivity contribution in [1.82, 2.24) is 3.97 Å². The molecule has 0 aliphatic heterocycles. The van der Waals surface area contributed by atoms with E-state index in [1.54, 1.807) is 42.5 Å². The van der Waals surface area contributed by atoms with Gasteiger partial charge in [0, 0.05) is 11.8 Å². The molecule has 1 heterocycles. The first-order valence-corrected chi connectivity index (χ1v) is 9.80. The predicted molar refractivity (Wildman–Crippen MR) is 97.7 cm³/mol. The molecule has 1 aromatic heterocycles. The summed E-state index contributed by atoms with van der Waals surface area (Å²) in [4.78, 5) is 12.8. The topological polar surface area (TPSA) is 79.9 Å². The van der Waals surface area contributed by atoms with Crippen molar-refractivity contribution in [3.05, 3.63) is 64.8 Å². The molecule has 4 rings (SSSR count). The minimum Gasteiger partial charge on any atom is -0.292 e. The highest BCUT2D eigenvalue weighted by molar-refractivity contribution is 7.90. The van der Waals surface area contributed by atoms with Gasteiger partial charge < -0.3 is 0 Å². The van der Waals surface area contributed by atoms with Crippen molar-refractivity contribution >= 4 is 26.7 Å². The maximum atomic E-state index is 13.3. The molecule has 0 fully saturated rings. The molecule has 1 aliphatic rings. The predicted octanol–water partition coefficient (Wildman–Crippen LogP) is 3.58. The minimum absolute atomic E-state index is 0.144. The van der Waals surface area contributed by atoms with Crippen molar-refractivity contribution in [1.29, 1.82) is 5.26 Å². The van der Waals surface area contributed by atoms with Crippen molar-refractivity contribution in [2.24, 2.45) is 0 Å². The van der Waals surface area contributed by atoms with E-state index < -0.39 is 10.0 Å². The molecule has 2 aromatic carbocycles. The molecule has 26 heavy (non-hydrogen) atoms. The van der Waals surface area contributed by atoms with Gasteiger partial charge >= 0.3 is 0 Å².